The maximum atomic E-state index is 9.27. The predicted octanol–water partition coefficient (Wildman–Crippen LogP) is -0.890. The van der Waals surface area contributed by atoms with Gasteiger partial charge < -0.3 is 10.8 Å². The van der Waals surface area contributed by atoms with Crippen molar-refractivity contribution < 1.29 is 27.2 Å². The number of nitrogens with zero attached hydrogens (tertiary/aromatic N) is 1. The van der Waals surface area contributed by atoms with Crippen molar-refractivity contribution in [1.29, 1.82) is 0 Å². The Balaban J connectivity index is 0. The molecule has 10 heteroatoms. The molecule has 0 atom stereocenters. The van der Waals surface area contributed by atoms with Gasteiger partial charge in [-0.2, -0.15) is 8.42 Å². The summed E-state index contributed by atoms with van der Waals surface area (Å²) in [7, 11) is -4.65. The molecule has 0 bridgehead atoms. The maximum Gasteiger partial charge on any atom is 0.468 e. The van der Waals surface area contributed by atoms with E-state index in [1.165, 1.54) is 5.34 Å². The molecule has 0 aromatic heterocycles. The van der Waals surface area contributed by atoms with Crippen LogP contribution in [0.3, 0.4) is 0 Å². The molecule has 11 heavy (non-hydrogen) atoms. The van der Waals surface area contributed by atoms with Crippen LogP contribution in [-0.4, -0.2) is 24.2 Å². The fraction of sp³-hybridized carbons (Fsp3) is 0. The van der Waals surface area contributed by atoms with E-state index in [9.17, 15) is 8.42 Å². The Labute approximate surface area is 60.6 Å². The largest absolute Gasteiger partial charge is 0.468 e. The van der Waals surface area contributed by atoms with E-state index in [0.29, 0.717) is 0 Å². The number of carbonyl (C=O) groups is 1. The summed E-state index contributed by atoms with van der Waals surface area (Å²) >= 11 is 0. The number of carboxylic acid groups (broad SMARTS) is 1. The summed E-state index contributed by atoms with van der Waals surface area (Å²) in [6.45, 7) is 0. The van der Waals surface area contributed by atoms with Gasteiger partial charge in [0, 0.05) is 0 Å². The monoisotopic (exact) mass is 188 g/mol. The van der Waals surface area contributed by atoms with Crippen LogP contribution in [0.5, 0.6) is 0 Å². The van der Waals surface area contributed by atoms with Crippen molar-refractivity contribution in [2.75, 3.05) is 0 Å². The fourth-order valence-electron chi connectivity index (χ4n) is 0.0385. The molecule has 0 fully saturated rings. The van der Waals surface area contributed by atoms with Crippen molar-refractivity contribution in [2.24, 2.45) is 11.1 Å². The second kappa shape index (κ2) is 5.37. The molecule has 0 aliphatic heterocycles. The zero-order chi connectivity index (χ0) is 9.49. The van der Waals surface area contributed by atoms with Gasteiger partial charge >= 0.3 is 16.5 Å². The highest BCUT2D eigenvalue weighted by Crippen LogP contribution is 1.82. The van der Waals surface area contributed by atoms with E-state index < -0.39 is 16.5 Å². The summed E-state index contributed by atoms with van der Waals surface area (Å²) in [4.78, 5) is 17.6. The first-order chi connectivity index (χ1) is 4.79. The lowest BCUT2D eigenvalue weighted by Crippen LogP contribution is -2.03. The van der Waals surface area contributed by atoms with Crippen LogP contribution in [0.2, 0.25) is 0 Å². The molecule has 0 aliphatic rings. The van der Waals surface area contributed by atoms with Gasteiger partial charge in [-0.1, -0.05) is 0 Å². The van der Waals surface area contributed by atoms with Gasteiger partial charge in [-0.3, -0.25) is 4.55 Å². The SMILES string of the molecule is NC(=O)O.O=NOS(=O)(=O)O. The highest BCUT2D eigenvalue weighted by atomic mass is 32.3. The van der Waals surface area contributed by atoms with E-state index in [4.69, 9.17) is 19.4 Å². The fourth-order valence-corrected chi connectivity index (χ4v) is 0.115. The minimum absolute atomic E-state index is 1.33. The molecule has 9 nitrogen and oxygen atoms in total. The van der Waals surface area contributed by atoms with Crippen LogP contribution in [0.1, 0.15) is 0 Å². The average Bonchev–Trinajstić information content (AvgIpc) is 1.58. The number of primary amides is 1. The van der Waals surface area contributed by atoms with Gasteiger partial charge in [-0.05, 0) is 0 Å². The quantitative estimate of drug-likeness (QED) is 0.288. The number of hydrogen-bond donors (Lipinski definition) is 3. The van der Waals surface area contributed by atoms with Crippen LogP contribution >= 0.6 is 0 Å². The Kier molecular flexibility index (Phi) is 5.99. The summed E-state index contributed by atoms with van der Waals surface area (Å²) in [5, 5.41) is 8.61. The number of amides is 1. The van der Waals surface area contributed by atoms with E-state index in [1.807, 2.05) is 0 Å². The van der Waals surface area contributed by atoms with Crippen LogP contribution in [0.4, 0.5) is 4.79 Å². The van der Waals surface area contributed by atoms with Gasteiger partial charge in [0.25, 0.3) is 0 Å². The summed E-state index contributed by atoms with van der Waals surface area (Å²) in [6.07, 6.45) is -1.33. The minimum atomic E-state index is -4.65. The Morgan fingerprint density at radius 3 is 1.82 bits per heavy atom. The molecule has 0 saturated carbocycles. The second-order valence-electron chi connectivity index (χ2n) is 0.915. The number of rotatable bonds is 2. The van der Waals surface area contributed by atoms with Crippen LogP contribution < -0.4 is 5.73 Å². The Morgan fingerprint density at radius 2 is 1.82 bits per heavy atom. The lowest BCUT2D eigenvalue weighted by Gasteiger charge is -1.80. The molecule has 66 valence electrons. The molecule has 1 amide bonds. The average molecular weight is 188 g/mol. The summed E-state index contributed by atoms with van der Waals surface area (Å²) in [5.74, 6) is 0. The van der Waals surface area contributed by atoms with E-state index in [1.54, 1.807) is 0 Å². The number of hydrogen-bond acceptors (Lipinski definition) is 6. The van der Waals surface area contributed by atoms with Crippen molar-refractivity contribution in [3.8, 4) is 0 Å². The number of nitrogens with two attached hydrogens (primary N) is 1. The standard InChI is InChI=1S/CH3NO2.HNO5S/c2-1(3)4;2-1-6-7(3,4)5/h2H2,(H,3,4);(H,3,4,5). The molecule has 0 aromatic rings. The van der Waals surface area contributed by atoms with Gasteiger partial charge in [0.15, 0.2) is 5.34 Å². The van der Waals surface area contributed by atoms with Gasteiger partial charge in [0.05, 0.1) is 0 Å². The molecule has 0 spiro atoms. The highest BCUT2D eigenvalue weighted by Gasteiger charge is 2.01. The van der Waals surface area contributed by atoms with Crippen LogP contribution in [-0.2, 0) is 14.7 Å². The summed E-state index contributed by atoms with van der Waals surface area (Å²) in [6, 6.07) is 0. The lowest BCUT2D eigenvalue weighted by molar-refractivity contribution is 0.205. The van der Waals surface area contributed by atoms with Crippen LogP contribution in [0.25, 0.3) is 0 Å². The van der Waals surface area contributed by atoms with Crippen molar-refractivity contribution in [3.05, 3.63) is 4.91 Å². The Bertz CT molecular complexity index is 213. The molecule has 0 unspecified atom stereocenters. The van der Waals surface area contributed by atoms with Crippen molar-refractivity contribution in [3.63, 3.8) is 0 Å². The smallest absolute Gasteiger partial charge is 0.465 e. The molecule has 0 aliphatic carbocycles. The molecule has 0 heterocycles. The first-order valence-electron chi connectivity index (χ1n) is 1.76. The second-order valence-corrected chi connectivity index (χ2v) is 1.92. The molecule has 4 N–H and O–H groups in total. The Morgan fingerprint density at radius 1 is 1.55 bits per heavy atom. The third kappa shape index (κ3) is 55.8. The van der Waals surface area contributed by atoms with Crippen LogP contribution in [0, 0.1) is 4.91 Å². The molecular weight excluding hydrogens is 184 g/mol. The molecular formula is CH4N2O7S. The van der Waals surface area contributed by atoms with Gasteiger partial charge in [0.2, 0.25) is 0 Å². The third-order valence-corrected chi connectivity index (χ3v) is 0.374. The van der Waals surface area contributed by atoms with E-state index in [-0.39, 0.29) is 0 Å². The maximum absolute atomic E-state index is 9.27. The first kappa shape index (κ1) is 12.3. The lowest BCUT2D eigenvalue weighted by atomic mass is 11.3. The topological polar surface area (TPSA) is 156 Å². The Hall–Kier alpha value is -1.42. The van der Waals surface area contributed by atoms with E-state index >= 15 is 0 Å². The third-order valence-electron chi connectivity index (χ3n) is 0.125. The molecule has 0 aromatic carbocycles. The van der Waals surface area contributed by atoms with Crippen LogP contribution in [0.15, 0.2) is 5.34 Å². The van der Waals surface area contributed by atoms with E-state index in [2.05, 4.69) is 10.0 Å². The summed E-state index contributed by atoms with van der Waals surface area (Å²) in [5.41, 5.74) is 4.03. The highest BCUT2D eigenvalue weighted by molar-refractivity contribution is 7.80. The first-order valence-corrected chi connectivity index (χ1v) is 3.13. The summed E-state index contributed by atoms with van der Waals surface area (Å²) < 4.78 is 28.8. The zero-order valence-electron chi connectivity index (χ0n) is 4.87. The normalized spacial score (nSPS) is 8.82. The predicted molar refractivity (Wildman–Crippen MR) is 30.6 cm³/mol. The van der Waals surface area contributed by atoms with Crippen molar-refractivity contribution in [2.45, 2.75) is 0 Å². The van der Waals surface area contributed by atoms with Crippen molar-refractivity contribution >= 4 is 16.5 Å². The van der Waals surface area contributed by atoms with E-state index in [0.717, 1.165) is 0 Å². The van der Waals surface area contributed by atoms with Crippen molar-refractivity contribution in [1.82, 2.24) is 0 Å². The van der Waals surface area contributed by atoms with Gasteiger partial charge in [0.1, 0.15) is 0 Å². The van der Waals surface area contributed by atoms with Gasteiger partial charge in [-0.15, -0.1) is 4.91 Å². The zero-order valence-corrected chi connectivity index (χ0v) is 5.68. The van der Waals surface area contributed by atoms with Gasteiger partial charge in [-0.25, -0.2) is 9.08 Å². The minimum Gasteiger partial charge on any atom is -0.465 e. The molecule has 0 rings (SSSR count). The molecule has 0 radical (unpaired) electrons. The molecule has 0 saturated heterocycles.